The average Bonchev–Trinajstić information content (AvgIpc) is 2.79. The van der Waals surface area contributed by atoms with Gasteiger partial charge in [0.2, 0.25) is 0 Å². The van der Waals surface area contributed by atoms with Gasteiger partial charge in [0.1, 0.15) is 5.75 Å². The molecule has 1 unspecified atom stereocenters. The summed E-state index contributed by atoms with van der Waals surface area (Å²) in [4.78, 5) is 6.81. The number of benzene rings is 1. The van der Waals surface area contributed by atoms with Crippen LogP contribution in [0, 0.1) is 5.92 Å². The van der Waals surface area contributed by atoms with E-state index in [1.807, 2.05) is 19.2 Å². The van der Waals surface area contributed by atoms with Crippen LogP contribution in [0.5, 0.6) is 5.75 Å². The van der Waals surface area contributed by atoms with Crippen LogP contribution in [0.2, 0.25) is 0 Å². The Hall–Kier alpha value is -1.06. The molecule has 176 valence electrons. The number of halogens is 1. The number of nitrogens with zero attached hydrogens (tertiary/aromatic N) is 2. The normalized spacial score (nSPS) is 20.5. The first-order chi connectivity index (χ1) is 14.6. The largest absolute Gasteiger partial charge is 0.493 e. The molecule has 31 heavy (non-hydrogen) atoms. The van der Waals surface area contributed by atoms with E-state index in [4.69, 9.17) is 14.2 Å². The molecule has 2 heterocycles. The molecule has 2 aliphatic heterocycles. The lowest BCUT2D eigenvalue weighted by molar-refractivity contribution is -0.0721. The molecule has 2 saturated heterocycles. The van der Waals surface area contributed by atoms with Gasteiger partial charge in [-0.2, -0.15) is 0 Å². The predicted molar refractivity (Wildman–Crippen MR) is 137 cm³/mol. The second-order valence-electron chi connectivity index (χ2n) is 8.76. The van der Waals surface area contributed by atoms with Crippen LogP contribution in [-0.4, -0.2) is 63.0 Å². The van der Waals surface area contributed by atoms with Crippen LogP contribution in [0.4, 0.5) is 0 Å². The molecule has 3 rings (SSSR count). The second kappa shape index (κ2) is 14.2. The number of likely N-dealkylation sites (tertiary alicyclic amines) is 1. The summed E-state index contributed by atoms with van der Waals surface area (Å²) in [6.45, 7) is 9.39. The summed E-state index contributed by atoms with van der Waals surface area (Å²) in [7, 11) is 1.86. The fourth-order valence-corrected chi connectivity index (χ4v) is 3.90. The molecule has 1 aromatic carbocycles. The van der Waals surface area contributed by atoms with Gasteiger partial charge in [-0.25, -0.2) is 0 Å². The van der Waals surface area contributed by atoms with Crippen molar-refractivity contribution in [1.29, 1.82) is 0 Å². The molecule has 1 atom stereocenters. The Balaban J connectivity index is 0.00000341. The minimum Gasteiger partial charge on any atom is -0.493 e. The van der Waals surface area contributed by atoms with Gasteiger partial charge < -0.3 is 24.4 Å². The Morgan fingerprint density at radius 1 is 1.16 bits per heavy atom. The molecule has 1 aromatic rings. The van der Waals surface area contributed by atoms with E-state index in [-0.39, 0.29) is 24.0 Å². The Morgan fingerprint density at radius 2 is 1.90 bits per heavy atom. The maximum atomic E-state index is 6.14. The number of guanidine groups is 1. The summed E-state index contributed by atoms with van der Waals surface area (Å²) in [6.07, 6.45) is 6.31. The molecule has 0 amide bonds. The summed E-state index contributed by atoms with van der Waals surface area (Å²) >= 11 is 0. The van der Waals surface area contributed by atoms with Crippen molar-refractivity contribution in [2.75, 3.05) is 40.0 Å². The summed E-state index contributed by atoms with van der Waals surface area (Å²) in [6, 6.07) is 8.31. The summed E-state index contributed by atoms with van der Waals surface area (Å²) in [5.74, 6) is 2.42. The van der Waals surface area contributed by atoms with Crippen LogP contribution in [0.15, 0.2) is 29.3 Å². The van der Waals surface area contributed by atoms with Crippen molar-refractivity contribution in [2.45, 2.75) is 64.7 Å². The molecule has 0 radical (unpaired) electrons. The molecule has 2 fully saturated rings. The molecule has 0 bridgehead atoms. The van der Waals surface area contributed by atoms with Gasteiger partial charge in [0.15, 0.2) is 5.96 Å². The predicted octanol–water partition coefficient (Wildman–Crippen LogP) is 4.46. The van der Waals surface area contributed by atoms with Gasteiger partial charge in [0.25, 0.3) is 0 Å². The van der Waals surface area contributed by atoms with Crippen molar-refractivity contribution < 1.29 is 14.2 Å². The van der Waals surface area contributed by atoms with Crippen molar-refractivity contribution in [2.24, 2.45) is 10.9 Å². The van der Waals surface area contributed by atoms with E-state index in [0.717, 1.165) is 70.4 Å². The standard InChI is InChI=1S/C24H39N3O3.HI/c1-19(2)17-29-21-9-7-20(8-10-21)16-26-24(25-3)27-13-11-22(12-14-27)30-18-23-6-4-5-15-28-23;/h7-10,19,22-23H,4-6,11-18H2,1-3H3,(H,25,26);1H. The quantitative estimate of drug-likeness (QED) is 0.297. The van der Waals surface area contributed by atoms with Crippen molar-refractivity contribution in [1.82, 2.24) is 10.2 Å². The molecule has 0 aliphatic carbocycles. The van der Waals surface area contributed by atoms with Gasteiger partial charge in [0, 0.05) is 33.3 Å². The fourth-order valence-electron chi connectivity index (χ4n) is 3.90. The summed E-state index contributed by atoms with van der Waals surface area (Å²) in [5, 5.41) is 3.50. The van der Waals surface area contributed by atoms with Gasteiger partial charge in [-0.3, -0.25) is 4.99 Å². The first-order valence-corrected chi connectivity index (χ1v) is 11.5. The lowest BCUT2D eigenvalue weighted by atomic mass is 10.1. The Kier molecular flexibility index (Phi) is 12.0. The van der Waals surface area contributed by atoms with E-state index < -0.39 is 0 Å². The van der Waals surface area contributed by atoms with E-state index in [1.165, 1.54) is 18.4 Å². The molecule has 7 heteroatoms. The minimum absolute atomic E-state index is 0. The Bertz CT molecular complexity index is 640. The van der Waals surface area contributed by atoms with E-state index in [1.54, 1.807) is 0 Å². The second-order valence-corrected chi connectivity index (χ2v) is 8.76. The Labute approximate surface area is 205 Å². The zero-order valence-electron chi connectivity index (χ0n) is 19.3. The average molecular weight is 546 g/mol. The summed E-state index contributed by atoms with van der Waals surface area (Å²) in [5.41, 5.74) is 1.22. The number of hydrogen-bond acceptors (Lipinski definition) is 4. The Morgan fingerprint density at radius 3 is 2.52 bits per heavy atom. The third-order valence-corrected chi connectivity index (χ3v) is 5.70. The molecule has 1 N–H and O–H groups in total. The minimum atomic E-state index is 0. The van der Waals surface area contributed by atoms with E-state index >= 15 is 0 Å². The van der Waals surface area contributed by atoms with Gasteiger partial charge >= 0.3 is 0 Å². The molecule has 0 saturated carbocycles. The molecular formula is C24H40IN3O3. The van der Waals surface area contributed by atoms with Gasteiger partial charge in [0.05, 0.1) is 25.4 Å². The van der Waals surface area contributed by atoms with E-state index in [2.05, 4.69) is 41.2 Å². The maximum Gasteiger partial charge on any atom is 0.193 e. The topological polar surface area (TPSA) is 55.3 Å². The third kappa shape index (κ3) is 9.14. The lowest BCUT2D eigenvalue weighted by Gasteiger charge is -2.35. The van der Waals surface area contributed by atoms with Crippen LogP contribution in [0.25, 0.3) is 0 Å². The van der Waals surface area contributed by atoms with Crippen molar-refractivity contribution in [3.8, 4) is 5.75 Å². The number of piperidine rings is 1. The van der Waals surface area contributed by atoms with Crippen LogP contribution in [-0.2, 0) is 16.0 Å². The zero-order chi connectivity index (χ0) is 21.2. The van der Waals surface area contributed by atoms with Crippen molar-refractivity contribution in [3.05, 3.63) is 29.8 Å². The van der Waals surface area contributed by atoms with Gasteiger partial charge in [-0.1, -0.05) is 26.0 Å². The number of rotatable bonds is 8. The van der Waals surface area contributed by atoms with Crippen LogP contribution in [0.1, 0.15) is 51.5 Å². The lowest BCUT2D eigenvalue weighted by Crippen LogP contribution is -2.47. The molecule has 0 spiro atoms. The highest BCUT2D eigenvalue weighted by Gasteiger charge is 2.23. The first-order valence-electron chi connectivity index (χ1n) is 11.5. The summed E-state index contributed by atoms with van der Waals surface area (Å²) < 4.78 is 17.7. The number of nitrogens with one attached hydrogen (secondary N) is 1. The van der Waals surface area contributed by atoms with Gasteiger partial charge in [-0.15, -0.1) is 24.0 Å². The molecule has 0 aromatic heterocycles. The van der Waals surface area contributed by atoms with Crippen molar-refractivity contribution >= 4 is 29.9 Å². The number of ether oxygens (including phenoxy) is 3. The van der Waals surface area contributed by atoms with Crippen LogP contribution >= 0.6 is 24.0 Å². The highest BCUT2D eigenvalue weighted by molar-refractivity contribution is 14.0. The third-order valence-electron chi connectivity index (χ3n) is 5.70. The highest BCUT2D eigenvalue weighted by Crippen LogP contribution is 2.18. The molecule has 2 aliphatic rings. The van der Waals surface area contributed by atoms with Crippen molar-refractivity contribution in [3.63, 3.8) is 0 Å². The van der Waals surface area contributed by atoms with Crippen LogP contribution < -0.4 is 10.1 Å². The monoisotopic (exact) mass is 545 g/mol. The highest BCUT2D eigenvalue weighted by atomic mass is 127. The smallest absolute Gasteiger partial charge is 0.193 e. The molecular weight excluding hydrogens is 505 g/mol. The zero-order valence-corrected chi connectivity index (χ0v) is 21.7. The van der Waals surface area contributed by atoms with E-state index in [0.29, 0.717) is 18.1 Å². The first kappa shape index (κ1) is 26.2. The molecule has 6 nitrogen and oxygen atoms in total. The van der Waals surface area contributed by atoms with E-state index in [9.17, 15) is 0 Å². The number of aliphatic imine (C=N–C) groups is 1. The van der Waals surface area contributed by atoms with Gasteiger partial charge in [-0.05, 0) is 55.7 Å². The fraction of sp³-hybridized carbons (Fsp3) is 0.708. The van der Waals surface area contributed by atoms with Crippen LogP contribution in [0.3, 0.4) is 0 Å². The maximum absolute atomic E-state index is 6.14. The number of hydrogen-bond donors (Lipinski definition) is 1. The SMILES string of the molecule is CN=C(NCc1ccc(OCC(C)C)cc1)N1CCC(OCC2CCCCO2)CC1.I.